The molecule has 0 fully saturated rings. The topological polar surface area (TPSA) is 29.3 Å². The quantitative estimate of drug-likeness (QED) is 0.683. The predicted molar refractivity (Wildman–Crippen MR) is 64.4 cm³/mol. The number of nitrogens with zero attached hydrogens (tertiary/aromatic N) is 1. The van der Waals surface area contributed by atoms with E-state index in [4.69, 9.17) is 5.73 Å². The van der Waals surface area contributed by atoms with E-state index in [1.807, 2.05) is 0 Å². The largest absolute Gasteiger partial charge is 0.330 e. The fourth-order valence-electron chi connectivity index (χ4n) is 1.76. The van der Waals surface area contributed by atoms with Crippen molar-refractivity contribution in [2.24, 2.45) is 17.1 Å². The second kappa shape index (κ2) is 6.41. The van der Waals surface area contributed by atoms with Crippen LogP contribution in [0.5, 0.6) is 0 Å². The molecule has 0 heterocycles. The van der Waals surface area contributed by atoms with Gasteiger partial charge in [0.15, 0.2) is 0 Å². The highest BCUT2D eigenvalue weighted by Crippen LogP contribution is 2.20. The first-order valence-corrected chi connectivity index (χ1v) is 5.76. The molecule has 0 aromatic rings. The SMILES string of the molecule is CC(C)CCN(C)CC(C)(C)CCN. The van der Waals surface area contributed by atoms with Crippen LogP contribution >= 0.6 is 0 Å². The summed E-state index contributed by atoms with van der Waals surface area (Å²) in [5, 5.41) is 0. The summed E-state index contributed by atoms with van der Waals surface area (Å²) in [4.78, 5) is 2.43. The summed E-state index contributed by atoms with van der Waals surface area (Å²) >= 11 is 0. The van der Waals surface area contributed by atoms with E-state index in [9.17, 15) is 0 Å². The van der Waals surface area contributed by atoms with Gasteiger partial charge in [-0.3, -0.25) is 0 Å². The number of hydrogen-bond donors (Lipinski definition) is 1. The van der Waals surface area contributed by atoms with E-state index in [1.165, 1.54) is 13.0 Å². The standard InChI is InChI=1S/C12H28N2/c1-11(2)6-9-14(5)10-12(3,4)7-8-13/h11H,6-10,13H2,1-5H3. The van der Waals surface area contributed by atoms with Crippen molar-refractivity contribution in [3.63, 3.8) is 0 Å². The fourth-order valence-corrected chi connectivity index (χ4v) is 1.76. The molecular weight excluding hydrogens is 172 g/mol. The van der Waals surface area contributed by atoms with Crippen LogP contribution in [-0.4, -0.2) is 31.6 Å². The lowest BCUT2D eigenvalue weighted by atomic mass is 9.89. The Labute approximate surface area is 89.9 Å². The number of hydrogen-bond acceptors (Lipinski definition) is 2. The Morgan fingerprint density at radius 3 is 2.29 bits per heavy atom. The van der Waals surface area contributed by atoms with Crippen molar-refractivity contribution in [3.05, 3.63) is 0 Å². The Morgan fingerprint density at radius 1 is 1.29 bits per heavy atom. The van der Waals surface area contributed by atoms with E-state index in [0.717, 1.165) is 25.4 Å². The monoisotopic (exact) mass is 200 g/mol. The molecule has 0 atom stereocenters. The second-order valence-electron chi connectivity index (χ2n) is 5.62. The van der Waals surface area contributed by atoms with Gasteiger partial charge in [-0.1, -0.05) is 27.7 Å². The molecule has 0 aromatic carbocycles. The minimum Gasteiger partial charge on any atom is -0.330 e. The van der Waals surface area contributed by atoms with Crippen LogP contribution in [0.3, 0.4) is 0 Å². The summed E-state index contributed by atoms with van der Waals surface area (Å²) in [6.07, 6.45) is 2.40. The molecule has 86 valence electrons. The molecule has 0 rings (SSSR count). The summed E-state index contributed by atoms with van der Waals surface area (Å²) in [6, 6.07) is 0. The van der Waals surface area contributed by atoms with Crippen molar-refractivity contribution in [1.29, 1.82) is 0 Å². The van der Waals surface area contributed by atoms with Gasteiger partial charge in [-0.2, -0.15) is 0 Å². The maximum atomic E-state index is 5.59. The van der Waals surface area contributed by atoms with E-state index >= 15 is 0 Å². The van der Waals surface area contributed by atoms with Crippen LogP contribution < -0.4 is 5.73 Å². The summed E-state index contributed by atoms with van der Waals surface area (Å²) in [5.74, 6) is 0.801. The van der Waals surface area contributed by atoms with Crippen molar-refractivity contribution in [2.45, 2.75) is 40.5 Å². The van der Waals surface area contributed by atoms with Gasteiger partial charge in [-0.25, -0.2) is 0 Å². The predicted octanol–water partition coefficient (Wildman–Crippen LogP) is 2.34. The van der Waals surface area contributed by atoms with E-state index in [0.29, 0.717) is 5.41 Å². The van der Waals surface area contributed by atoms with Crippen molar-refractivity contribution < 1.29 is 0 Å². The fraction of sp³-hybridized carbons (Fsp3) is 1.00. The Morgan fingerprint density at radius 2 is 1.86 bits per heavy atom. The Balaban J connectivity index is 3.74. The lowest BCUT2D eigenvalue weighted by molar-refractivity contribution is 0.193. The van der Waals surface area contributed by atoms with E-state index in [2.05, 4.69) is 39.6 Å². The summed E-state index contributed by atoms with van der Waals surface area (Å²) in [5.41, 5.74) is 5.96. The van der Waals surface area contributed by atoms with Gasteiger partial charge in [0.2, 0.25) is 0 Å². The van der Waals surface area contributed by atoms with Gasteiger partial charge in [0.1, 0.15) is 0 Å². The third-order valence-corrected chi connectivity index (χ3v) is 2.61. The lowest BCUT2D eigenvalue weighted by Gasteiger charge is -2.30. The van der Waals surface area contributed by atoms with Crippen LogP contribution in [-0.2, 0) is 0 Å². The summed E-state index contributed by atoms with van der Waals surface area (Å²) in [6.45, 7) is 12.3. The van der Waals surface area contributed by atoms with Crippen molar-refractivity contribution in [1.82, 2.24) is 4.90 Å². The molecule has 0 unspecified atom stereocenters. The zero-order valence-corrected chi connectivity index (χ0v) is 10.6. The maximum Gasteiger partial charge on any atom is 0.00301 e. The van der Waals surface area contributed by atoms with Crippen LogP contribution in [0.4, 0.5) is 0 Å². The molecule has 0 radical (unpaired) electrons. The van der Waals surface area contributed by atoms with Crippen LogP contribution in [0.1, 0.15) is 40.5 Å². The average Bonchev–Trinajstić information content (AvgIpc) is 1.99. The molecule has 2 heteroatoms. The van der Waals surface area contributed by atoms with Crippen LogP contribution in [0.15, 0.2) is 0 Å². The van der Waals surface area contributed by atoms with Crippen molar-refractivity contribution in [2.75, 3.05) is 26.7 Å². The van der Waals surface area contributed by atoms with E-state index < -0.39 is 0 Å². The second-order valence-corrected chi connectivity index (χ2v) is 5.62. The van der Waals surface area contributed by atoms with Crippen LogP contribution in [0.25, 0.3) is 0 Å². The summed E-state index contributed by atoms with van der Waals surface area (Å²) < 4.78 is 0. The summed E-state index contributed by atoms with van der Waals surface area (Å²) in [7, 11) is 2.21. The Hall–Kier alpha value is -0.0800. The van der Waals surface area contributed by atoms with E-state index in [1.54, 1.807) is 0 Å². The molecule has 0 aromatic heterocycles. The minimum absolute atomic E-state index is 0.362. The van der Waals surface area contributed by atoms with Crippen LogP contribution in [0.2, 0.25) is 0 Å². The van der Waals surface area contributed by atoms with Gasteiger partial charge in [-0.15, -0.1) is 0 Å². The van der Waals surface area contributed by atoms with Gasteiger partial charge in [0, 0.05) is 6.54 Å². The molecule has 14 heavy (non-hydrogen) atoms. The van der Waals surface area contributed by atoms with Crippen molar-refractivity contribution in [3.8, 4) is 0 Å². The average molecular weight is 200 g/mol. The molecule has 0 amide bonds. The highest BCUT2D eigenvalue weighted by molar-refractivity contribution is 4.72. The number of rotatable bonds is 7. The Kier molecular flexibility index (Phi) is 6.38. The third-order valence-electron chi connectivity index (χ3n) is 2.61. The third kappa shape index (κ3) is 7.34. The first kappa shape index (κ1) is 13.9. The van der Waals surface area contributed by atoms with Gasteiger partial charge >= 0.3 is 0 Å². The maximum absolute atomic E-state index is 5.59. The molecule has 0 saturated carbocycles. The molecule has 0 bridgehead atoms. The van der Waals surface area contributed by atoms with Crippen molar-refractivity contribution >= 4 is 0 Å². The molecule has 0 aliphatic heterocycles. The highest BCUT2D eigenvalue weighted by Gasteiger charge is 2.18. The normalized spacial score (nSPS) is 12.9. The lowest BCUT2D eigenvalue weighted by Crippen LogP contribution is -2.33. The number of nitrogens with two attached hydrogens (primary N) is 1. The van der Waals surface area contributed by atoms with E-state index in [-0.39, 0.29) is 0 Å². The van der Waals surface area contributed by atoms with Gasteiger partial charge in [0.25, 0.3) is 0 Å². The minimum atomic E-state index is 0.362. The molecular formula is C12H28N2. The first-order chi connectivity index (χ1) is 6.37. The van der Waals surface area contributed by atoms with Gasteiger partial charge in [0.05, 0.1) is 0 Å². The van der Waals surface area contributed by atoms with Gasteiger partial charge in [-0.05, 0) is 44.3 Å². The highest BCUT2D eigenvalue weighted by atomic mass is 15.1. The molecule has 0 spiro atoms. The molecule has 0 aliphatic carbocycles. The van der Waals surface area contributed by atoms with Gasteiger partial charge < -0.3 is 10.6 Å². The molecule has 0 saturated heterocycles. The first-order valence-electron chi connectivity index (χ1n) is 5.76. The molecule has 2 N–H and O–H groups in total. The zero-order chi connectivity index (χ0) is 11.2. The zero-order valence-electron chi connectivity index (χ0n) is 10.6. The smallest absolute Gasteiger partial charge is 0.00301 e. The van der Waals surface area contributed by atoms with Crippen LogP contribution in [0, 0.1) is 11.3 Å². The molecule has 2 nitrogen and oxygen atoms in total. The molecule has 0 aliphatic rings. The Bertz CT molecular complexity index is 141.